The summed E-state index contributed by atoms with van der Waals surface area (Å²) < 4.78 is 10.6. The summed E-state index contributed by atoms with van der Waals surface area (Å²) in [5, 5.41) is 0.846. The first-order valence-corrected chi connectivity index (χ1v) is 8.36. The summed E-state index contributed by atoms with van der Waals surface area (Å²) in [5.41, 5.74) is 2.38. The molecule has 1 aromatic carbocycles. The van der Waals surface area contributed by atoms with Crippen molar-refractivity contribution in [3.05, 3.63) is 35.5 Å². The molecule has 3 rings (SSSR count). The number of aromatic nitrogens is 1. The average Bonchev–Trinajstić information content (AvgIpc) is 2.60. The van der Waals surface area contributed by atoms with E-state index in [9.17, 15) is 4.79 Å². The van der Waals surface area contributed by atoms with E-state index in [2.05, 4.69) is 4.98 Å². The molecule has 0 unspecified atom stereocenters. The number of hydrogen-bond acceptors (Lipinski definition) is 4. The monoisotopic (exact) mass is 328 g/mol. The molecule has 0 radical (unpaired) electrons. The van der Waals surface area contributed by atoms with E-state index in [1.165, 1.54) is 0 Å². The van der Waals surface area contributed by atoms with Crippen LogP contribution in [0.3, 0.4) is 0 Å². The lowest BCUT2D eigenvalue weighted by molar-refractivity contribution is 0.0572. The van der Waals surface area contributed by atoms with Gasteiger partial charge in [-0.1, -0.05) is 0 Å². The molecule has 5 heteroatoms. The first-order chi connectivity index (χ1) is 11.6. The van der Waals surface area contributed by atoms with Crippen LogP contribution in [0.2, 0.25) is 0 Å². The van der Waals surface area contributed by atoms with E-state index in [-0.39, 0.29) is 5.91 Å². The summed E-state index contributed by atoms with van der Waals surface area (Å²) in [6, 6.07) is 7.55. The number of aryl methyl sites for hydroxylation is 1. The van der Waals surface area contributed by atoms with Crippen molar-refractivity contribution in [2.75, 3.05) is 33.9 Å². The van der Waals surface area contributed by atoms with E-state index in [4.69, 9.17) is 9.47 Å². The number of pyridine rings is 1. The van der Waals surface area contributed by atoms with Gasteiger partial charge in [0.25, 0.3) is 5.91 Å². The molecule has 1 aromatic heterocycles. The number of likely N-dealkylation sites (tertiary alicyclic amines) is 1. The lowest BCUT2D eigenvalue weighted by Gasteiger charge is -2.32. The number of amides is 1. The standard InChI is InChI=1S/C19H24N2O3/c1-13-9-17(16-10-15(24-3)6-7-18(16)20-13)19(22)21-8-4-5-14(11-21)12-23-2/h6-7,9-10,14H,4-5,8,11-12H2,1-3H3/t14-/m1/s1. The van der Waals surface area contributed by atoms with Crippen LogP contribution in [0.1, 0.15) is 28.9 Å². The Balaban J connectivity index is 1.96. The summed E-state index contributed by atoms with van der Waals surface area (Å²) in [5.74, 6) is 1.22. The molecular formula is C19H24N2O3. The lowest BCUT2D eigenvalue weighted by atomic mass is 9.97. The molecule has 2 aromatic rings. The molecule has 1 amide bonds. The van der Waals surface area contributed by atoms with Crippen molar-refractivity contribution in [3.63, 3.8) is 0 Å². The van der Waals surface area contributed by atoms with Crippen molar-refractivity contribution in [3.8, 4) is 5.75 Å². The molecule has 2 heterocycles. The minimum atomic E-state index is 0.0690. The number of piperidine rings is 1. The van der Waals surface area contributed by atoms with Gasteiger partial charge in [-0.15, -0.1) is 0 Å². The Labute approximate surface area is 142 Å². The predicted molar refractivity (Wildman–Crippen MR) is 93.5 cm³/mol. The largest absolute Gasteiger partial charge is 0.497 e. The van der Waals surface area contributed by atoms with E-state index >= 15 is 0 Å². The molecule has 0 spiro atoms. The first-order valence-electron chi connectivity index (χ1n) is 8.36. The molecule has 0 saturated carbocycles. The molecule has 1 atom stereocenters. The van der Waals surface area contributed by atoms with Crippen LogP contribution in [0, 0.1) is 12.8 Å². The van der Waals surface area contributed by atoms with Crippen LogP contribution >= 0.6 is 0 Å². The molecule has 0 aliphatic carbocycles. The van der Waals surface area contributed by atoms with Gasteiger partial charge >= 0.3 is 0 Å². The fourth-order valence-corrected chi connectivity index (χ4v) is 3.43. The number of methoxy groups -OCH3 is 2. The molecule has 24 heavy (non-hydrogen) atoms. The second-order valence-corrected chi connectivity index (χ2v) is 6.41. The second-order valence-electron chi connectivity index (χ2n) is 6.41. The van der Waals surface area contributed by atoms with E-state index in [1.54, 1.807) is 14.2 Å². The number of carbonyl (C=O) groups is 1. The maximum atomic E-state index is 13.1. The number of rotatable bonds is 4. The van der Waals surface area contributed by atoms with Crippen molar-refractivity contribution in [1.29, 1.82) is 0 Å². The highest BCUT2D eigenvalue weighted by Crippen LogP contribution is 2.26. The molecule has 0 bridgehead atoms. The highest BCUT2D eigenvalue weighted by molar-refractivity contribution is 6.06. The fourth-order valence-electron chi connectivity index (χ4n) is 3.43. The number of hydrogen-bond donors (Lipinski definition) is 0. The lowest BCUT2D eigenvalue weighted by Crippen LogP contribution is -2.41. The maximum Gasteiger partial charge on any atom is 0.254 e. The summed E-state index contributed by atoms with van der Waals surface area (Å²) in [4.78, 5) is 19.6. The number of benzene rings is 1. The van der Waals surface area contributed by atoms with Crippen LogP contribution in [0.4, 0.5) is 0 Å². The van der Waals surface area contributed by atoms with Gasteiger partial charge in [-0.25, -0.2) is 0 Å². The zero-order valence-corrected chi connectivity index (χ0v) is 14.5. The Morgan fingerprint density at radius 1 is 1.33 bits per heavy atom. The smallest absolute Gasteiger partial charge is 0.254 e. The van der Waals surface area contributed by atoms with Crippen molar-refractivity contribution < 1.29 is 14.3 Å². The highest BCUT2D eigenvalue weighted by atomic mass is 16.5. The fraction of sp³-hybridized carbons (Fsp3) is 0.474. The maximum absolute atomic E-state index is 13.1. The Kier molecular flexibility index (Phi) is 5.00. The minimum Gasteiger partial charge on any atom is -0.497 e. The topological polar surface area (TPSA) is 51.7 Å². The summed E-state index contributed by atoms with van der Waals surface area (Å²) in [6.45, 7) is 4.17. The van der Waals surface area contributed by atoms with Crippen molar-refractivity contribution in [1.82, 2.24) is 9.88 Å². The van der Waals surface area contributed by atoms with E-state index in [0.717, 1.165) is 48.3 Å². The Morgan fingerprint density at radius 2 is 2.17 bits per heavy atom. The van der Waals surface area contributed by atoms with Gasteiger partial charge in [-0.3, -0.25) is 9.78 Å². The van der Waals surface area contributed by atoms with E-state index in [0.29, 0.717) is 18.1 Å². The summed E-state index contributed by atoms with van der Waals surface area (Å²) in [6.07, 6.45) is 2.13. The van der Waals surface area contributed by atoms with Gasteiger partial charge in [0.15, 0.2) is 0 Å². The average molecular weight is 328 g/mol. The van der Waals surface area contributed by atoms with E-state index < -0.39 is 0 Å². The van der Waals surface area contributed by atoms with Crippen LogP contribution in [0.5, 0.6) is 5.75 Å². The predicted octanol–water partition coefficient (Wildman–Crippen LogP) is 3.05. The molecular weight excluding hydrogens is 304 g/mol. The number of nitrogens with zero attached hydrogens (tertiary/aromatic N) is 2. The molecule has 5 nitrogen and oxygen atoms in total. The van der Waals surface area contributed by atoms with Crippen LogP contribution in [-0.2, 0) is 4.74 Å². The summed E-state index contributed by atoms with van der Waals surface area (Å²) in [7, 11) is 3.34. The molecule has 0 N–H and O–H groups in total. The normalized spacial score (nSPS) is 18.0. The third-order valence-corrected chi connectivity index (χ3v) is 4.58. The molecule has 1 saturated heterocycles. The van der Waals surface area contributed by atoms with Gasteiger partial charge in [0.05, 0.1) is 24.8 Å². The third kappa shape index (κ3) is 3.36. The minimum absolute atomic E-state index is 0.0690. The van der Waals surface area contributed by atoms with Gasteiger partial charge in [0.2, 0.25) is 0 Å². The SMILES string of the molecule is COC[C@@H]1CCCN(C(=O)c2cc(C)nc3ccc(OC)cc23)C1. The van der Waals surface area contributed by atoms with Gasteiger partial charge in [0, 0.05) is 31.3 Å². The Bertz CT molecular complexity index is 743. The Morgan fingerprint density at radius 3 is 2.92 bits per heavy atom. The van der Waals surface area contributed by atoms with Crippen molar-refractivity contribution in [2.45, 2.75) is 19.8 Å². The molecule has 1 aliphatic heterocycles. The number of carbonyl (C=O) groups excluding carboxylic acids is 1. The zero-order valence-electron chi connectivity index (χ0n) is 14.5. The number of fused-ring (bicyclic) bond motifs is 1. The molecule has 1 aliphatic rings. The van der Waals surface area contributed by atoms with Crippen LogP contribution in [0.15, 0.2) is 24.3 Å². The second kappa shape index (κ2) is 7.18. The van der Waals surface area contributed by atoms with Crippen LogP contribution in [-0.4, -0.2) is 49.7 Å². The van der Waals surface area contributed by atoms with Crippen LogP contribution < -0.4 is 4.74 Å². The van der Waals surface area contributed by atoms with Gasteiger partial charge < -0.3 is 14.4 Å². The third-order valence-electron chi connectivity index (χ3n) is 4.58. The highest BCUT2D eigenvalue weighted by Gasteiger charge is 2.26. The number of ether oxygens (including phenoxy) is 2. The van der Waals surface area contributed by atoms with Gasteiger partial charge in [0.1, 0.15) is 5.75 Å². The quantitative estimate of drug-likeness (QED) is 0.865. The van der Waals surface area contributed by atoms with Crippen LogP contribution in [0.25, 0.3) is 10.9 Å². The van der Waals surface area contributed by atoms with Gasteiger partial charge in [-0.05, 0) is 49.9 Å². The zero-order chi connectivity index (χ0) is 17.1. The summed E-state index contributed by atoms with van der Waals surface area (Å²) >= 11 is 0. The van der Waals surface area contributed by atoms with Crippen molar-refractivity contribution in [2.24, 2.45) is 5.92 Å². The van der Waals surface area contributed by atoms with E-state index in [1.807, 2.05) is 36.1 Å². The molecule has 128 valence electrons. The van der Waals surface area contributed by atoms with Crippen molar-refractivity contribution >= 4 is 16.8 Å². The first kappa shape index (κ1) is 16.7. The molecule has 1 fully saturated rings. The van der Waals surface area contributed by atoms with Gasteiger partial charge in [-0.2, -0.15) is 0 Å². The Hall–Kier alpha value is -2.14.